The van der Waals surface area contributed by atoms with Gasteiger partial charge < -0.3 is 9.47 Å². The van der Waals surface area contributed by atoms with Crippen molar-refractivity contribution in [2.24, 2.45) is 0 Å². The van der Waals surface area contributed by atoms with E-state index in [1.165, 1.54) is 6.07 Å². The van der Waals surface area contributed by atoms with Crippen LogP contribution >= 0.6 is 0 Å². The molecule has 42 heavy (non-hydrogen) atoms. The second-order valence-electron chi connectivity index (χ2n) is 9.26. The molecule has 0 saturated carbocycles. The predicted molar refractivity (Wildman–Crippen MR) is 137 cm³/mol. The van der Waals surface area contributed by atoms with Crippen molar-refractivity contribution in [3.05, 3.63) is 104 Å². The molecule has 0 bridgehead atoms. The zero-order valence-electron chi connectivity index (χ0n) is 21.3. The third-order valence-corrected chi connectivity index (χ3v) is 6.89. The average Bonchev–Trinajstić information content (AvgIpc) is 3.35. The molecule has 0 unspecified atom stereocenters. The molecular weight excluding hydrogens is 562 g/mol. The molecule has 0 N–H and O–H groups in total. The van der Waals surface area contributed by atoms with Crippen LogP contribution in [0.15, 0.2) is 47.8 Å². The highest BCUT2D eigenvalue weighted by atomic mass is 19.4. The van der Waals surface area contributed by atoms with E-state index in [1.807, 2.05) is 26.0 Å². The Kier molecular flexibility index (Phi) is 6.25. The summed E-state index contributed by atoms with van der Waals surface area (Å²) < 4.78 is 86.9. The topological polar surface area (TPSA) is 74.8 Å². The smallest absolute Gasteiger partial charge is 0.402 e. The number of ether oxygens (including phenoxy) is 2. The summed E-state index contributed by atoms with van der Waals surface area (Å²) in [4.78, 5) is 6.56. The van der Waals surface area contributed by atoms with Gasteiger partial charge in [-0.3, -0.25) is 0 Å². The number of hydrogen-bond donors (Lipinski definition) is 0. The Bertz CT molecular complexity index is 1940. The number of alkyl halides is 6. The molecule has 5 rings (SSSR count). The van der Waals surface area contributed by atoms with E-state index in [0.717, 1.165) is 11.1 Å². The van der Waals surface area contributed by atoms with Gasteiger partial charge in [-0.25, -0.2) is 20.2 Å². The van der Waals surface area contributed by atoms with Crippen LogP contribution < -0.4 is 9.47 Å². The molecule has 0 amide bonds. The van der Waals surface area contributed by atoms with E-state index in [-0.39, 0.29) is 39.1 Å². The second-order valence-corrected chi connectivity index (χ2v) is 9.26. The lowest BCUT2D eigenvalue weighted by Gasteiger charge is -2.17. The van der Waals surface area contributed by atoms with Crippen LogP contribution in [0, 0.1) is 49.7 Å². The number of benzene rings is 3. The molecule has 0 aromatic heterocycles. The third kappa shape index (κ3) is 4.46. The van der Waals surface area contributed by atoms with Crippen molar-refractivity contribution in [2.45, 2.75) is 26.6 Å². The fourth-order valence-corrected chi connectivity index (χ4v) is 5.18. The minimum Gasteiger partial charge on any atom is -0.402 e. The van der Waals surface area contributed by atoms with Gasteiger partial charge in [-0.2, -0.15) is 0 Å². The van der Waals surface area contributed by atoms with E-state index in [2.05, 4.69) is 19.2 Å². The Morgan fingerprint density at radius 1 is 0.595 bits per heavy atom. The van der Waals surface area contributed by atoms with Crippen molar-refractivity contribution in [1.29, 1.82) is 10.5 Å². The molecule has 2 aliphatic rings. The maximum atomic E-state index is 13.2. The van der Waals surface area contributed by atoms with Crippen molar-refractivity contribution < 1.29 is 35.8 Å². The standard InChI is InChI=1S/C30H12F6N4O2/c1-13-5-15-16-7-17-18-9-25(41-29(31,32)33)26(42-30(34,35)36)10-22(18)28(24(12-38)40-4)21(17)8-20(16)27(23(11-37)39-3)19(15)6-14(13)2/h5-10H,1-2H3/b27-23+,28-24+. The first-order valence-electron chi connectivity index (χ1n) is 11.8. The van der Waals surface area contributed by atoms with Crippen molar-refractivity contribution in [2.75, 3.05) is 0 Å². The zero-order chi connectivity index (χ0) is 30.7. The first kappa shape index (κ1) is 27.8. The summed E-state index contributed by atoms with van der Waals surface area (Å²) in [6, 6.07) is 11.6. The molecule has 0 aliphatic heterocycles. The van der Waals surface area contributed by atoms with Crippen LogP contribution in [0.25, 0.3) is 43.1 Å². The van der Waals surface area contributed by atoms with Crippen LogP contribution in [0.5, 0.6) is 11.5 Å². The van der Waals surface area contributed by atoms with Gasteiger partial charge in [0.1, 0.15) is 0 Å². The summed E-state index contributed by atoms with van der Waals surface area (Å²) in [5.41, 5.74) is 3.29. The molecule has 0 radical (unpaired) electrons. The normalized spacial score (nSPS) is 15.1. The minimum atomic E-state index is -5.39. The summed E-state index contributed by atoms with van der Waals surface area (Å²) in [5, 5.41) is 19.4. The largest absolute Gasteiger partial charge is 0.573 e. The maximum Gasteiger partial charge on any atom is 0.573 e. The zero-order valence-corrected chi connectivity index (χ0v) is 21.3. The van der Waals surface area contributed by atoms with Gasteiger partial charge in [0.25, 0.3) is 11.4 Å². The van der Waals surface area contributed by atoms with Gasteiger partial charge in [-0.1, -0.05) is 12.1 Å². The molecule has 12 heteroatoms. The second kappa shape index (κ2) is 9.44. The molecule has 206 valence electrons. The average molecular weight is 574 g/mol. The molecule has 2 aliphatic carbocycles. The Morgan fingerprint density at radius 3 is 1.31 bits per heavy atom. The van der Waals surface area contributed by atoms with Gasteiger partial charge >= 0.3 is 12.7 Å². The van der Waals surface area contributed by atoms with Crippen LogP contribution in [-0.4, -0.2) is 12.7 Å². The van der Waals surface area contributed by atoms with Gasteiger partial charge in [-0.05, 0) is 93.7 Å². The number of allylic oxidation sites excluding steroid dienone is 2. The minimum absolute atomic E-state index is 0.0403. The van der Waals surface area contributed by atoms with Crippen LogP contribution in [0.1, 0.15) is 33.4 Å². The molecule has 0 atom stereocenters. The van der Waals surface area contributed by atoms with E-state index in [0.29, 0.717) is 34.4 Å². The van der Waals surface area contributed by atoms with Gasteiger partial charge in [0.15, 0.2) is 11.5 Å². The summed E-state index contributed by atoms with van der Waals surface area (Å²) in [7, 11) is 0. The number of nitrogens with zero attached hydrogens (tertiary/aromatic N) is 4. The lowest BCUT2D eigenvalue weighted by atomic mass is 9.94. The third-order valence-electron chi connectivity index (χ3n) is 6.89. The number of hydrogen-bond acceptors (Lipinski definition) is 4. The fourth-order valence-electron chi connectivity index (χ4n) is 5.18. The Labute approximate surface area is 234 Å². The summed E-state index contributed by atoms with van der Waals surface area (Å²) in [6.45, 7) is 18.8. The van der Waals surface area contributed by atoms with Crippen LogP contribution in [0.3, 0.4) is 0 Å². The van der Waals surface area contributed by atoms with Crippen molar-refractivity contribution >= 4 is 11.1 Å². The highest BCUT2D eigenvalue weighted by molar-refractivity contribution is 6.11. The molecule has 0 heterocycles. The van der Waals surface area contributed by atoms with E-state index in [1.54, 1.807) is 18.2 Å². The van der Waals surface area contributed by atoms with E-state index < -0.39 is 29.9 Å². The van der Waals surface area contributed by atoms with Gasteiger partial charge in [-0.15, -0.1) is 26.3 Å². The lowest BCUT2D eigenvalue weighted by molar-refractivity contribution is -0.287. The van der Waals surface area contributed by atoms with Crippen LogP contribution in [0.4, 0.5) is 26.3 Å². The number of aryl methyl sites for hydroxylation is 2. The SMILES string of the molecule is [C-]#[N+]/C(C#N)=C1\c2cc(C)c(C)cc2-c2cc3c(cc21)/C(=C(/C#N)[N+]#[C-])c1cc(OC(F)(F)F)c(OC(F)(F)F)cc1-3. The monoisotopic (exact) mass is 574 g/mol. The molecule has 0 spiro atoms. The quantitative estimate of drug-likeness (QED) is 0.120. The highest BCUT2D eigenvalue weighted by Crippen LogP contribution is 2.56. The number of fused-ring (bicyclic) bond motifs is 6. The molecule has 0 fully saturated rings. The molecular formula is C30H12F6N4O2. The highest BCUT2D eigenvalue weighted by Gasteiger charge is 2.40. The summed E-state index contributed by atoms with van der Waals surface area (Å²) >= 11 is 0. The fraction of sp³-hybridized carbons (Fsp3) is 0.133. The summed E-state index contributed by atoms with van der Waals surface area (Å²) in [6.07, 6.45) is -10.8. The first-order chi connectivity index (χ1) is 19.7. The lowest BCUT2D eigenvalue weighted by Crippen LogP contribution is -2.21. The molecule has 3 aromatic rings. The molecule has 6 nitrogen and oxygen atoms in total. The molecule has 3 aromatic carbocycles. The van der Waals surface area contributed by atoms with Crippen molar-refractivity contribution in [1.82, 2.24) is 0 Å². The van der Waals surface area contributed by atoms with Crippen LogP contribution in [0.2, 0.25) is 0 Å². The van der Waals surface area contributed by atoms with Crippen molar-refractivity contribution in [3.63, 3.8) is 0 Å². The first-order valence-corrected chi connectivity index (χ1v) is 11.8. The van der Waals surface area contributed by atoms with Crippen molar-refractivity contribution in [3.8, 4) is 45.9 Å². The van der Waals surface area contributed by atoms with E-state index >= 15 is 0 Å². The number of halogens is 6. The van der Waals surface area contributed by atoms with E-state index in [9.17, 15) is 36.9 Å². The Morgan fingerprint density at radius 2 is 0.905 bits per heavy atom. The Balaban J connectivity index is 1.91. The summed E-state index contributed by atoms with van der Waals surface area (Å²) in [5.74, 6) is -2.60. The van der Waals surface area contributed by atoms with Gasteiger partial charge in [0.2, 0.25) is 0 Å². The van der Waals surface area contributed by atoms with E-state index in [4.69, 9.17) is 13.1 Å². The molecule has 0 saturated heterocycles. The van der Waals surface area contributed by atoms with Gasteiger partial charge in [0.05, 0.1) is 25.3 Å². The number of rotatable bonds is 2. The van der Waals surface area contributed by atoms with Gasteiger partial charge in [0, 0.05) is 11.1 Å². The van der Waals surface area contributed by atoms with Crippen LogP contribution in [-0.2, 0) is 0 Å². The Hall–Kier alpha value is -5.72. The number of nitriles is 2. The predicted octanol–water partition coefficient (Wildman–Crippen LogP) is 8.47. The maximum absolute atomic E-state index is 13.2.